The van der Waals surface area contributed by atoms with Gasteiger partial charge in [-0.2, -0.15) is 0 Å². The van der Waals surface area contributed by atoms with Crippen LogP contribution in [0.5, 0.6) is 11.5 Å². The van der Waals surface area contributed by atoms with Gasteiger partial charge in [-0.25, -0.2) is 4.79 Å². The molecule has 9 heteroatoms. The van der Waals surface area contributed by atoms with E-state index in [1.54, 1.807) is 20.3 Å². The third-order valence-corrected chi connectivity index (χ3v) is 10.0. The molecule has 3 rings (SSSR count). The molecule has 0 saturated heterocycles. The molecule has 8 nitrogen and oxygen atoms in total. The highest BCUT2D eigenvalue weighted by molar-refractivity contribution is 6.32. The molecule has 0 heterocycles. The van der Waals surface area contributed by atoms with E-state index in [2.05, 4.69) is 19.2 Å². The summed E-state index contributed by atoms with van der Waals surface area (Å²) < 4.78 is 22.2. The van der Waals surface area contributed by atoms with Gasteiger partial charge in [0.15, 0.2) is 0 Å². The summed E-state index contributed by atoms with van der Waals surface area (Å²) in [6.07, 6.45) is 7.08. The molecule has 1 aromatic carbocycles. The van der Waals surface area contributed by atoms with E-state index in [4.69, 9.17) is 30.5 Å². The Labute approximate surface area is 257 Å². The first-order chi connectivity index (χ1) is 19.7. The van der Waals surface area contributed by atoms with Crippen molar-refractivity contribution in [3.63, 3.8) is 0 Å². The van der Waals surface area contributed by atoms with Gasteiger partial charge in [0.25, 0.3) is 0 Å². The van der Waals surface area contributed by atoms with Crippen LogP contribution in [0.25, 0.3) is 0 Å². The van der Waals surface area contributed by atoms with E-state index in [-0.39, 0.29) is 34.7 Å². The fraction of sp³-hybridized carbons (Fsp3) is 0.758. The maximum atomic E-state index is 12.8. The van der Waals surface area contributed by atoms with E-state index in [1.807, 2.05) is 26.8 Å². The van der Waals surface area contributed by atoms with Gasteiger partial charge in [-0.1, -0.05) is 38.3 Å². The van der Waals surface area contributed by atoms with Crippen LogP contribution in [0.15, 0.2) is 12.1 Å². The number of hydrogen-bond donors (Lipinski definition) is 2. The van der Waals surface area contributed by atoms with Crippen LogP contribution in [0.2, 0.25) is 5.02 Å². The minimum atomic E-state index is -0.523. The highest BCUT2D eigenvalue weighted by Gasteiger charge is 2.57. The summed E-state index contributed by atoms with van der Waals surface area (Å²) in [4.78, 5) is 24.5. The number of alkyl carbamates (subject to hydrolysis) is 1. The standard InChI is InChI=1S/C33H52ClNO7/c1-31(2,3)42-30(38)35-17-10-8-9-14-28(37)41-21-23-15-16-32(4)26(12-11-13-27(32)36)33(23,5)20-22-18-24(39-6)19-25(40-7)29(22)34/h18-19,23,26-27,36H,8-17,20-21H2,1-7H3,(H,35,38)/t23-,26+,27-,32-,33+/m0/s1. The van der Waals surface area contributed by atoms with E-state index < -0.39 is 11.7 Å². The molecular weight excluding hydrogens is 558 g/mol. The summed E-state index contributed by atoms with van der Waals surface area (Å²) in [5.74, 6) is 1.42. The Morgan fingerprint density at radius 2 is 1.81 bits per heavy atom. The van der Waals surface area contributed by atoms with Gasteiger partial charge in [-0.3, -0.25) is 4.79 Å². The molecule has 2 aliphatic rings. The van der Waals surface area contributed by atoms with E-state index in [1.165, 1.54) is 0 Å². The van der Waals surface area contributed by atoms with E-state index in [0.717, 1.165) is 50.5 Å². The van der Waals surface area contributed by atoms with Crippen molar-refractivity contribution in [1.82, 2.24) is 5.32 Å². The van der Waals surface area contributed by atoms with Crippen molar-refractivity contribution in [2.75, 3.05) is 27.4 Å². The highest BCUT2D eigenvalue weighted by Crippen LogP contribution is 2.61. The molecule has 2 N–H and O–H groups in total. The second-order valence-electron chi connectivity index (χ2n) is 13.6. The van der Waals surface area contributed by atoms with Gasteiger partial charge >= 0.3 is 12.1 Å². The Kier molecular flexibility index (Phi) is 11.9. The van der Waals surface area contributed by atoms with E-state index in [9.17, 15) is 14.7 Å². The first kappa shape index (κ1) is 34.3. The first-order valence-electron chi connectivity index (χ1n) is 15.4. The Bertz CT molecular complexity index is 1070. The number of unbranched alkanes of at least 4 members (excludes halogenated alkanes) is 2. The Morgan fingerprint density at radius 3 is 2.48 bits per heavy atom. The van der Waals surface area contributed by atoms with Crippen LogP contribution in [-0.2, 0) is 20.7 Å². The number of rotatable bonds is 12. The van der Waals surface area contributed by atoms with Crippen LogP contribution < -0.4 is 14.8 Å². The summed E-state index contributed by atoms with van der Waals surface area (Å²) in [5.41, 5.74) is -0.0413. The molecule has 2 fully saturated rings. The largest absolute Gasteiger partial charge is 0.497 e. The number of nitrogens with one attached hydrogen (secondary N) is 1. The molecule has 1 amide bonds. The van der Waals surface area contributed by atoms with Gasteiger partial charge in [-0.05, 0) is 100 Å². The van der Waals surface area contributed by atoms with Crippen molar-refractivity contribution in [2.45, 2.75) is 111 Å². The average molecular weight is 610 g/mol. The molecule has 2 aliphatic carbocycles. The summed E-state index contributed by atoms with van der Waals surface area (Å²) in [6, 6.07) is 3.76. The number of benzene rings is 1. The summed E-state index contributed by atoms with van der Waals surface area (Å²) >= 11 is 6.83. The Morgan fingerprint density at radius 1 is 1.07 bits per heavy atom. The second-order valence-corrected chi connectivity index (χ2v) is 14.0. The fourth-order valence-electron chi connectivity index (χ4n) is 7.25. The SMILES string of the molecule is COc1cc(C[C@]2(C)[C@H](COC(=O)CCCCCNC(=O)OC(C)(C)C)CC[C@@]3(C)[C@H]2CCC[C@@H]3O)c(Cl)c(OC)c1. The van der Waals surface area contributed by atoms with Gasteiger partial charge < -0.3 is 29.4 Å². The predicted molar refractivity (Wildman–Crippen MR) is 164 cm³/mol. The summed E-state index contributed by atoms with van der Waals surface area (Å²) in [7, 11) is 3.23. The molecule has 0 spiro atoms. The molecular formula is C33H52ClNO7. The Balaban J connectivity index is 1.64. The average Bonchev–Trinajstić information content (AvgIpc) is 2.91. The Hall–Kier alpha value is -2.19. The summed E-state index contributed by atoms with van der Waals surface area (Å²) in [6.45, 7) is 10.9. The normalized spacial score (nSPS) is 27.5. The van der Waals surface area contributed by atoms with Gasteiger partial charge in [0.05, 0.1) is 32.0 Å². The molecule has 238 valence electrons. The number of aliphatic hydroxyl groups is 1. The molecule has 0 aromatic heterocycles. The third-order valence-electron chi connectivity index (χ3n) is 9.57. The van der Waals surface area contributed by atoms with Crippen molar-refractivity contribution >= 4 is 23.7 Å². The number of amides is 1. The molecule has 0 aliphatic heterocycles. The third kappa shape index (κ3) is 8.46. The smallest absolute Gasteiger partial charge is 0.407 e. The van der Waals surface area contributed by atoms with Crippen molar-refractivity contribution in [2.24, 2.45) is 22.7 Å². The fourth-order valence-corrected chi connectivity index (χ4v) is 7.50. The number of ether oxygens (including phenoxy) is 4. The van der Waals surface area contributed by atoms with Gasteiger partial charge in [0.1, 0.15) is 17.1 Å². The maximum Gasteiger partial charge on any atom is 0.407 e. The zero-order valence-corrected chi connectivity index (χ0v) is 27.4. The zero-order valence-electron chi connectivity index (χ0n) is 26.6. The van der Waals surface area contributed by atoms with Crippen molar-refractivity contribution in [3.8, 4) is 11.5 Å². The van der Waals surface area contributed by atoms with Crippen LogP contribution in [-0.4, -0.2) is 56.2 Å². The predicted octanol–water partition coefficient (Wildman–Crippen LogP) is 7.11. The number of esters is 1. The molecule has 0 unspecified atom stereocenters. The van der Waals surface area contributed by atoms with Crippen molar-refractivity contribution in [1.29, 1.82) is 0 Å². The van der Waals surface area contributed by atoms with Crippen LogP contribution in [0, 0.1) is 22.7 Å². The number of aliphatic hydroxyl groups excluding tert-OH is 1. The number of hydrogen-bond acceptors (Lipinski definition) is 7. The molecule has 2 saturated carbocycles. The number of halogens is 1. The lowest BCUT2D eigenvalue weighted by Gasteiger charge is -2.60. The minimum absolute atomic E-state index is 0.121. The van der Waals surface area contributed by atoms with Crippen LogP contribution in [0.1, 0.15) is 98.0 Å². The lowest BCUT2D eigenvalue weighted by Crippen LogP contribution is -2.57. The van der Waals surface area contributed by atoms with E-state index >= 15 is 0 Å². The van der Waals surface area contributed by atoms with Gasteiger partial charge in [0, 0.05) is 19.0 Å². The topological polar surface area (TPSA) is 103 Å². The quantitative estimate of drug-likeness (QED) is 0.192. The van der Waals surface area contributed by atoms with Crippen molar-refractivity contribution in [3.05, 3.63) is 22.7 Å². The lowest BCUT2D eigenvalue weighted by molar-refractivity contribution is -0.165. The molecule has 0 radical (unpaired) electrons. The van der Waals surface area contributed by atoms with Gasteiger partial charge in [0.2, 0.25) is 0 Å². The monoisotopic (exact) mass is 609 g/mol. The van der Waals surface area contributed by atoms with Crippen LogP contribution in [0.3, 0.4) is 0 Å². The molecule has 1 aromatic rings. The van der Waals surface area contributed by atoms with Crippen molar-refractivity contribution < 1.29 is 33.6 Å². The highest BCUT2D eigenvalue weighted by atomic mass is 35.5. The van der Waals surface area contributed by atoms with Crippen LogP contribution >= 0.6 is 11.6 Å². The minimum Gasteiger partial charge on any atom is -0.497 e. The lowest BCUT2D eigenvalue weighted by atomic mass is 9.46. The maximum absolute atomic E-state index is 12.8. The molecule has 5 atom stereocenters. The number of fused-ring (bicyclic) bond motifs is 1. The zero-order chi connectivity index (χ0) is 31.1. The number of carbonyl (C=O) groups excluding carboxylic acids is 2. The first-order valence-corrected chi connectivity index (χ1v) is 15.8. The number of carbonyl (C=O) groups is 2. The van der Waals surface area contributed by atoms with E-state index in [0.29, 0.717) is 48.9 Å². The van der Waals surface area contributed by atoms with Gasteiger partial charge in [-0.15, -0.1) is 0 Å². The summed E-state index contributed by atoms with van der Waals surface area (Å²) in [5, 5.41) is 14.5. The molecule has 0 bridgehead atoms. The second kappa shape index (κ2) is 14.5. The molecule has 42 heavy (non-hydrogen) atoms. The number of methoxy groups -OCH3 is 2. The van der Waals surface area contributed by atoms with Crippen LogP contribution in [0.4, 0.5) is 4.79 Å².